The van der Waals surface area contributed by atoms with Gasteiger partial charge in [-0.15, -0.1) is 11.3 Å². The van der Waals surface area contributed by atoms with Gasteiger partial charge in [-0.25, -0.2) is 0 Å². The number of amides is 2. The van der Waals surface area contributed by atoms with Crippen molar-refractivity contribution in [3.63, 3.8) is 0 Å². The standard InChI is InChI=1S/C40H42F6N4O6S/c1-3-8-30-38(56-26-21-31(57-23-26)40(44,45)46,13-7-18-50(30)33(51)32-28(39(41,42)43)10-6-17-48-32)34(52)49-19-15-37(24-47,16-20-49)27-9-4-5-11-29(27)55-25-12-14-36(2,22-25)35(53)54/h4-6,9-11,17,21,23,25,30H,3,7-8,12-16,18-20,22H2,1-2H3,(H,53,54)/t25-,30-,36+,38+/m1/s1. The van der Waals surface area contributed by atoms with E-state index in [0.717, 1.165) is 34.7 Å². The number of rotatable bonds is 10. The molecule has 0 unspecified atom stereocenters. The van der Waals surface area contributed by atoms with E-state index in [4.69, 9.17) is 9.47 Å². The summed E-state index contributed by atoms with van der Waals surface area (Å²) in [5.74, 6) is -2.51. The molecule has 0 radical (unpaired) electrons. The second-order valence-corrected chi connectivity index (χ2v) is 16.2. The van der Waals surface area contributed by atoms with Gasteiger partial charge in [0.25, 0.3) is 11.8 Å². The van der Waals surface area contributed by atoms with Crippen LogP contribution in [0.4, 0.5) is 26.3 Å². The summed E-state index contributed by atoms with van der Waals surface area (Å²) in [5.41, 5.74) is -5.66. The number of thiophene rings is 1. The van der Waals surface area contributed by atoms with Crippen LogP contribution in [0.25, 0.3) is 0 Å². The second-order valence-electron chi connectivity index (χ2n) is 15.3. The van der Waals surface area contributed by atoms with Crippen molar-refractivity contribution < 1.29 is 55.3 Å². The third-order valence-electron chi connectivity index (χ3n) is 11.5. The number of pyridine rings is 1. The molecule has 0 spiro atoms. The van der Waals surface area contributed by atoms with Gasteiger partial charge in [0.1, 0.15) is 22.1 Å². The highest BCUT2D eigenvalue weighted by Crippen LogP contribution is 2.46. The largest absolute Gasteiger partial charge is 0.490 e. The molecule has 1 N–H and O–H groups in total. The van der Waals surface area contributed by atoms with Crippen LogP contribution in [-0.4, -0.2) is 75.1 Å². The highest BCUT2D eigenvalue weighted by Gasteiger charge is 2.57. The van der Waals surface area contributed by atoms with Crippen molar-refractivity contribution in [2.24, 2.45) is 5.41 Å². The molecule has 2 aliphatic heterocycles. The first-order valence-corrected chi connectivity index (χ1v) is 19.6. The summed E-state index contributed by atoms with van der Waals surface area (Å²) in [4.78, 5) is 46.4. The van der Waals surface area contributed by atoms with Gasteiger partial charge < -0.3 is 24.4 Å². The van der Waals surface area contributed by atoms with Crippen molar-refractivity contribution in [3.8, 4) is 17.6 Å². The molecule has 1 saturated carbocycles. The number of aromatic nitrogens is 1. The first-order chi connectivity index (χ1) is 26.9. The van der Waals surface area contributed by atoms with Crippen LogP contribution in [-0.2, 0) is 27.4 Å². The summed E-state index contributed by atoms with van der Waals surface area (Å²) < 4.78 is 96.2. The van der Waals surface area contributed by atoms with Crippen molar-refractivity contribution in [1.29, 1.82) is 5.26 Å². The minimum Gasteiger partial charge on any atom is -0.490 e. The van der Waals surface area contributed by atoms with Gasteiger partial charge in [-0.05, 0) is 63.6 Å². The third-order valence-corrected chi connectivity index (χ3v) is 12.5. The quantitative estimate of drug-likeness (QED) is 0.202. The molecule has 6 rings (SSSR count). The Balaban J connectivity index is 1.33. The number of nitrogens with zero attached hydrogens (tertiary/aromatic N) is 4. The molecule has 3 aromatic rings. The van der Waals surface area contributed by atoms with Crippen molar-refractivity contribution in [2.45, 2.75) is 107 Å². The van der Waals surface area contributed by atoms with Gasteiger partial charge in [0, 0.05) is 55.7 Å². The summed E-state index contributed by atoms with van der Waals surface area (Å²) in [6, 6.07) is 10.8. The van der Waals surface area contributed by atoms with Crippen LogP contribution in [0, 0.1) is 16.7 Å². The Labute approximate surface area is 329 Å². The van der Waals surface area contributed by atoms with Crippen molar-refractivity contribution in [2.75, 3.05) is 19.6 Å². The second kappa shape index (κ2) is 15.8. The number of nitriles is 1. The van der Waals surface area contributed by atoms with E-state index in [-0.39, 0.29) is 63.9 Å². The Kier molecular flexibility index (Phi) is 11.6. The zero-order chi connectivity index (χ0) is 41.4. The number of alkyl halides is 6. The Morgan fingerprint density at radius 3 is 2.35 bits per heavy atom. The lowest BCUT2D eigenvalue weighted by atomic mass is 9.72. The van der Waals surface area contributed by atoms with Crippen LogP contribution in [0.5, 0.6) is 11.5 Å². The summed E-state index contributed by atoms with van der Waals surface area (Å²) in [7, 11) is 0. The van der Waals surface area contributed by atoms with Crippen LogP contribution < -0.4 is 9.47 Å². The Hall–Kier alpha value is -4.85. The minimum atomic E-state index is -4.93. The van der Waals surface area contributed by atoms with E-state index in [1.807, 2.05) is 0 Å². The van der Waals surface area contributed by atoms with Crippen LogP contribution in [0.15, 0.2) is 54.0 Å². The van der Waals surface area contributed by atoms with Gasteiger partial charge >= 0.3 is 18.3 Å². The first kappa shape index (κ1) is 41.8. The van der Waals surface area contributed by atoms with E-state index in [1.54, 1.807) is 38.1 Å². The molecule has 4 heterocycles. The number of ether oxygens (including phenoxy) is 2. The number of carbonyl (C=O) groups is 3. The van der Waals surface area contributed by atoms with Gasteiger partial charge in [0.05, 0.1) is 34.6 Å². The number of hydrogen-bond donors (Lipinski definition) is 1. The Bertz CT molecular complexity index is 2030. The number of carbonyl (C=O) groups excluding carboxylic acids is 2. The molecule has 3 fully saturated rings. The molecule has 10 nitrogen and oxygen atoms in total. The van der Waals surface area contributed by atoms with E-state index in [9.17, 15) is 46.3 Å². The van der Waals surface area contributed by atoms with E-state index in [1.165, 1.54) is 4.90 Å². The maximum absolute atomic E-state index is 15.0. The lowest BCUT2D eigenvalue weighted by Crippen LogP contribution is -2.68. The normalized spacial score (nSPS) is 25.1. The number of likely N-dealkylation sites (tertiary alicyclic amines) is 2. The monoisotopic (exact) mass is 820 g/mol. The van der Waals surface area contributed by atoms with E-state index in [2.05, 4.69) is 11.1 Å². The highest BCUT2D eigenvalue weighted by molar-refractivity contribution is 7.10. The predicted molar refractivity (Wildman–Crippen MR) is 194 cm³/mol. The fourth-order valence-electron chi connectivity index (χ4n) is 8.50. The summed E-state index contributed by atoms with van der Waals surface area (Å²) in [6.07, 6.45) is -7.13. The Morgan fingerprint density at radius 1 is 1.02 bits per heavy atom. The molecule has 2 saturated heterocycles. The molecule has 2 aromatic heterocycles. The predicted octanol–water partition coefficient (Wildman–Crippen LogP) is 8.51. The summed E-state index contributed by atoms with van der Waals surface area (Å²) in [5, 5.41) is 21.5. The maximum atomic E-state index is 15.0. The van der Waals surface area contributed by atoms with Gasteiger partial charge in [-0.2, -0.15) is 31.6 Å². The van der Waals surface area contributed by atoms with E-state index < -0.39 is 74.8 Å². The molecule has 0 bridgehead atoms. The Morgan fingerprint density at radius 2 is 1.74 bits per heavy atom. The number of hydrogen-bond acceptors (Lipinski definition) is 8. The lowest BCUT2D eigenvalue weighted by molar-refractivity contribution is -0.160. The SMILES string of the molecule is CCC[C@H]1N(C(=O)c2ncccc2C(F)(F)F)CCC[C@@]1(Oc1csc(C(F)(F)F)c1)C(=O)N1CCC(C#N)(c2ccccc2O[C@@H]2CC[C@](C)(C(=O)O)C2)CC1. The fourth-order valence-corrected chi connectivity index (χ4v) is 9.18. The zero-order valence-corrected chi connectivity index (χ0v) is 32.1. The average molecular weight is 821 g/mol. The summed E-state index contributed by atoms with van der Waals surface area (Å²) in [6.45, 7) is 3.34. The minimum absolute atomic E-state index is 0.00492. The number of halogens is 6. The van der Waals surface area contributed by atoms with Crippen LogP contribution in [0.2, 0.25) is 0 Å². The molecule has 4 atom stereocenters. The van der Waals surface area contributed by atoms with Gasteiger partial charge in [0.15, 0.2) is 0 Å². The molecular weight excluding hydrogens is 779 g/mol. The smallest absolute Gasteiger partial charge is 0.425 e. The average Bonchev–Trinajstić information content (AvgIpc) is 3.82. The molecule has 17 heteroatoms. The number of carboxylic acid groups (broad SMARTS) is 1. The van der Waals surface area contributed by atoms with Gasteiger partial charge in [-0.3, -0.25) is 19.4 Å². The molecule has 2 amide bonds. The molecule has 57 heavy (non-hydrogen) atoms. The number of para-hydroxylation sites is 1. The molecular formula is C40H42F6N4O6S. The molecule has 1 aromatic carbocycles. The van der Waals surface area contributed by atoms with Crippen molar-refractivity contribution in [1.82, 2.24) is 14.8 Å². The number of aliphatic carboxylic acids is 1. The third kappa shape index (κ3) is 8.15. The number of benzene rings is 1. The fraction of sp³-hybridized carbons (Fsp3) is 0.525. The van der Waals surface area contributed by atoms with E-state index in [0.29, 0.717) is 41.9 Å². The topological polar surface area (TPSA) is 133 Å². The lowest BCUT2D eigenvalue weighted by Gasteiger charge is -2.51. The van der Waals surface area contributed by atoms with Crippen LogP contribution in [0.1, 0.15) is 98.1 Å². The van der Waals surface area contributed by atoms with Crippen molar-refractivity contribution >= 4 is 29.1 Å². The van der Waals surface area contributed by atoms with Gasteiger partial charge in [0.2, 0.25) is 5.60 Å². The molecule has 306 valence electrons. The highest BCUT2D eigenvalue weighted by atomic mass is 32.1. The number of carboxylic acids is 1. The molecule has 3 aliphatic rings. The van der Waals surface area contributed by atoms with Gasteiger partial charge in [-0.1, -0.05) is 31.5 Å². The summed E-state index contributed by atoms with van der Waals surface area (Å²) >= 11 is 0.361. The number of piperidine rings is 2. The zero-order valence-electron chi connectivity index (χ0n) is 31.3. The maximum Gasteiger partial charge on any atom is 0.425 e. The van der Waals surface area contributed by atoms with Crippen LogP contribution >= 0.6 is 11.3 Å². The van der Waals surface area contributed by atoms with Crippen LogP contribution in [0.3, 0.4) is 0 Å². The first-order valence-electron chi connectivity index (χ1n) is 18.8. The molecule has 1 aliphatic carbocycles. The van der Waals surface area contributed by atoms with E-state index >= 15 is 4.79 Å². The van der Waals surface area contributed by atoms with Crippen molar-refractivity contribution in [3.05, 3.63) is 75.7 Å².